The normalized spacial score (nSPS) is 15.8. The lowest BCUT2D eigenvalue weighted by Gasteiger charge is -2.36. The van der Waals surface area contributed by atoms with E-state index in [1.54, 1.807) is 6.08 Å². The lowest BCUT2D eigenvalue weighted by Crippen LogP contribution is -2.48. The fourth-order valence-electron chi connectivity index (χ4n) is 4.26. The Balaban J connectivity index is 1.20. The molecule has 1 saturated heterocycles. The highest BCUT2D eigenvalue weighted by Gasteiger charge is 2.27. The third-order valence-corrected chi connectivity index (χ3v) is 6.23. The molecule has 1 aromatic heterocycles. The molecule has 0 bridgehead atoms. The minimum Gasteiger partial charge on any atom is -0.337 e. The molecular formula is C27H26N4O2. The summed E-state index contributed by atoms with van der Waals surface area (Å²) in [5, 5.41) is 6.46. The summed E-state index contributed by atoms with van der Waals surface area (Å²) in [5.41, 5.74) is 1.99. The van der Waals surface area contributed by atoms with Crippen LogP contribution in [0.15, 0.2) is 83.4 Å². The fourth-order valence-corrected chi connectivity index (χ4v) is 4.26. The average molecular weight is 439 g/mol. The van der Waals surface area contributed by atoms with E-state index in [-0.39, 0.29) is 11.9 Å². The Morgan fingerprint density at radius 3 is 2.48 bits per heavy atom. The van der Waals surface area contributed by atoms with Crippen molar-refractivity contribution < 1.29 is 9.32 Å². The van der Waals surface area contributed by atoms with Gasteiger partial charge in [-0.15, -0.1) is 0 Å². The van der Waals surface area contributed by atoms with Gasteiger partial charge in [0.1, 0.15) is 0 Å². The van der Waals surface area contributed by atoms with Crippen LogP contribution in [0.3, 0.4) is 0 Å². The number of hydrogen-bond donors (Lipinski definition) is 0. The molecule has 0 radical (unpaired) electrons. The van der Waals surface area contributed by atoms with E-state index in [9.17, 15) is 4.79 Å². The van der Waals surface area contributed by atoms with E-state index in [1.165, 1.54) is 5.39 Å². The van der Waals surface area contributed by atoms with Crippen molar-refractivity contribution in [3.8, 4) is 11.4 Å². The average Bonchev–Trinajstić information content (AvgIpc) is 3.38. The maximum absolute atomic E-state index is 12.8. The van der Waals surface area contributed by atoms with Crippen molar-refractivity contribution in [2.75, 3.05) is 26.2 Å². The van der Waals surface area contributed by atoms with Crippen molar-refractivity contribution in [3.63, 3.8) is 0 Å². The number of rotatable bonds is 5. The summed E-state index contributed by atoms with van der Waals surface area (Å²) in [7, 11) is 0. The third-order valence-electron chi connectivity index (χ3n) is 6.23. The van der Waals surface area contributed by atoms with E-state index in [4.69, 9.17) is 4.52 Å². The molecule has 0 spiro atoms. The van der Waals surface area contributed by atoms with Crippen LogP contribution < -0.4 is 0 Å². The molecule has 4 aromatic rings. The first-order valence-electron chi connectivity index (χ1n) is 11.3. The molecule has 1 aliphatic rings. The second kappa shape index (κ2) is 9.38. The van der Waals surface area contributed by atoms with Gasteiger partial charge in [-0.25, -0.2) is 0 Å². The Kier molecular flexibility index (Phi) is 6.00. The zero-order chi connectivity index (χ0) is 22.6. The number of carbonyl (C=O) groups is 1. The molecule has 0 aliphatic carbocycles. The first-order chi connectivity index (χ1) is 16.2. The summed E-state index contributed by atoms with van der Waals surface area (Å²) in [5.74, 6) is 1.24. The molecule has 6 heteroatoms. The van der Waals surface area contributed by atoms with Crippen LogP contribution in [-0.4, -0.2) is 52.0 Å². The summed E-state index contributed by atoms with van der Waals surface area (Å²) >= 11 is 0. The van der Waals surface area contributed by atoms with Crippen LogP contribution in [0.5, 0.6) is 0 Å². The number of piperazine rings is 1. The summed E-state index contributed by atoms with van der Waals surface area (Å²) in [6.07, 6.45) is 3.61. The van der Waals surface area contributed by atoms with Gasteiger partial charge in [0.05, 0.1) is 6.04 Å². The van der Waals surface area contributed by atoms with Crippen molar-refractivity contribution in [1.82, 2.24) is 19.9 Å². The quantitative estimate of drug-likeness (QED) is 0.419. The number of hydrogen-bond acceptors (Lipinski definition) is 5. The van der Waals surface area contributed by atoms with E-state index in [0.29, 0.717) is 24.8 Å². The number of amides is 1. The van der Waals surface area contributed by atoms with Gasteiger partial charge in [-0.05, 0) is 29.3 Å². The van der Waals surface area contributed by atoms with Crippen molar-refractivity contribution >= 4 is 22.8 Å². The van der Waals surface area contributed by atoms with E-state index in [1.807, 2.05) is 65.6 Å². The lowest BCUT2D eigenvalue weighted by molar-refractivity contribution is -0.128. The standard InChI is InChI=1S/C27H26N4O2/c1-20(27-28-26(29-33-27)23-9-3-2-4-10-23)30-16-18-31(19-17-30)25(32)15-14-22-12-7-11-21-8-5-6-13-24(21)22/h2-15,20H,16-19H2,1H3. The zero-order valence-corrected chi connectivity index (χ0v) is 18.6. The first kappa shape index (κ1) is 21.1. The number of carbonyl (C=O) groups excluding carboxylic acids is 1. The Morgan fingerprint density at radius 2 is 1.67 bits per heavy atom. The Bertz CT molecular complexity index is 1270. The smallest absolute Gasteiger partial charge is 0.246 e. The zero-order valence-electron chi connectivity index (χ0n) is 18.6. The maximum Gasteiger partial charge on any atom is 0.246 e. The summed E-state index contributed by atoms with van der Waals surface area (Å²) < 4.78 is 5.54. The molecule has 33 heavy (non-hydrogen) atoms. The molecule has 1 fully saturated rings. The molecule has 1 amide bonds. The highest BCUT2D eigenvalue weighted by Crippen LogP contribution is 2.24. The third kappa shape index (κ3) is 4.56. The first-order valence-corrected chi connectivity index (χ1v) is 11.3. The van der Waals surface area contributed by atoms with Crippen LogP contribution in [0.2, 0.25) is 0 Å². The topological polar surface area (TPSA) is 62.5 Å². The van der Waals surface area contributed by atoms with Crippen molar-refractivity contribution in [3.05, 3.63) is 90.3 Å². The SMILES string of the molecule is CC(c1nc(-c2ccccc2)no1)N1CCN(C(=O)C=Cc2cccc3ccccc23)CC1. The van der Waals surface area contributed by atoms with Gasteiger partial charge in [0.15, 0.2) is 0 Å². The molecule has 3 aromatic carbocycles. The van der Waals surface area contributed by atoms with Gasteiger partial charge in [0, 0.05) is 37.8 Å². The predicted molar refractivity (Wildman–Crippen MR) is 129 cm³/mol. The predicted octanol–water partition coefficient (Wildman–Crippen LogP) is 4.81. The molecule has 1 unspecified atom stereocenters. The summed E-state index contributed by atoms with van der Waals surface area (Å²) in [6, 6.07) is 24.2. The van der Waals surface area contributed by atoms with Crippen LogP contribution in [0, 0.1) is 0 Å². The monoisotopic (exact) mass is 438 g/mol. The van der Waals surface area contributed by atoms with Crippen LogP contribution in [0.1, 0.15) is 24.4 Å². The van der Waals surface area contributed by atoms with Crippen LogP contribution >= 0.6 is 0 Å². The van der Waals surface area contributed by atoms with Crippen molar-refractivity contribution in [2.45, 2.75) is 13.0 Å². The van der Waals surface area contributed by atoms with Gasteiger partial charge in [-0.2, -0.15) is 4.98 Å². The van der Waals surface area contributed by atoms with Gasteiger partial charge in [0.2, 0.25) is 17.6 Å². The van der Waals surface area contributed by atoms with Gasteiger partial charge in [-0.3, -0.25) is 9.69 Å². The molecule has 5 rings (SSSR count). The molecule has 0 saturated carbocycles. The van der Waals surface area contributed by atoms with Gasteiger partial charge in [0.25, 0.3) is 0 Å². The molecule has 0 N–H and O–H groups in total. The van der Waals surface area contributed by atoms with E-state index in [2.05, 4.69) is 40.2 Å². The minimum atomic E-state index is -0.00144. The number of aromatic nitrogens is 2. The fraction of sp³-hybridized carbons (Fsp3) is 0.222. The summed E-state index contributed by atoms with van der Waals surface area (Å²) in [4.78, 5) is 21.6. The van der Waals surface area contributed by atoms with E-state index in [0.717, 1.165) is 29.6 Å². The minimum absolute atomic E-state index is 0.00144. The van der Waals surface area contributed by atoms with E-state index < -0.39 is 0 Å². The molecule has 6 nitrogen and oxygen atoms in total. The number of benzene rings is 3. The molecular weight excluding hydrogens is 412 g/mol. The van der Waals surface area contributed by atoms with Gasteiger partial charge < -0.3 is 9.42 Å². The molecule has 2 heterocycles. The van der Waals surface area contributed by atoms with Crippen LogP contribution in [0.25, 0.3) is 28.2 Å². The molecule has 1 atom stereocenters. The largest absolute Gasteiger partial charge is 0.337 e. The Labute approximate surface area is 193 Å². The van der Waals surface area contributed by atoms with Crippen LogP contribution in [0.4, 0.5) is 0 Å². The highest BCUT2D eigenvalue weighted by atomic mass is 16.5. The second-order valence-corrected chi connectivity index (χ2v) is 8.26. The lowest BCUT2D eigenvalue weighted by atomic mass is 10.0. The molecule has 166 valence electrons. The highest BCUT2D eigenvalue weighted by molar-refractivity contribution is 5.96. The van der Waals surface area contributed by atoms with E-state index >= 15 is 0 Å². The van der Waals surface area contributed by atoms with Crippen molar-refractivity contribution in [2.24, 2.45) is 0 Å². The Hall–Kier alpha value is -3.77. The van der Waals surface area contributed by atoms with Crippen molar-refractivity contribution in [1.29, 1.82) is 0 Å². The Morgan fingerprint density at radius 1 is 0.939 bits per heavy atom. The van der Waals surface area contributed by atoms with Crippen LogP contribution in [-0.2, 0) is 4.79 Å². The number of fused-ring (bicyclic) bond motifs is 1. The van der Waals surface area contributed by atoms with Gasteiger partial charge in [-0.1, -0.05) is 78.0 Å². The molecule has 1 aliphatic heterocycles. The van der Waals surface area contributed by atoms with Gasteiger partial charge >= 0.3 is 0 Å². The number of nitrogens with zero attached hydrogens (tertiary/aromatic N) is 4. The summed E-state index contributed by atoms with van der Waals surface area (Å²) in [6.45, 7) is 4.93. The maximum atomic E-state index is 12.8. The second-order valence-electron chi connectivity index (χ2n) is 8.26.